The van der Waals surface area contributed by atoms with Crippen molar-refractivity contribution in [2.75, 3.05) is 26.1 Å². The molecule has 0 saturated carbocycles. The van der Waals surface area contributed by atoms with E-state index in [4.69, 9.17) is 4.74 Å². The number of ether oxygens (including phenoxy) is 1. The Morgan fingerprint density at radius 3 is 2.21 bits per heavy atom. The van der Waals surface area contributed by atoms with Crippen LogP contribution < -0.4 is 9.64 Å². The Kier molecular flexibility index (Phi) is 3.85. The fourth-order valence-corrected chi connectivity index (χ4v) is 1.95. The molecular weight excluding hydrogens is 238 g/mol. The molecule has 0 spiro atoms. The topological polar surface area (TPSA) is 29.5 Å². The standard InChI is InChI=1S/C16H17NO2/c1-17(2)15-7-5-4-6-14(15)16(18)12-8-10-13(19-3)11-9-12/h4-11H,1-3H3. The van der Waals surface area contributed by atoms with Crippen LogP contribution in [0.5, 0.6) is 5.75 Å². The van der Waals surface area contributed by atoms with Crippen LogP contribution in [0, 0.1) is 0 Å². The van der Waals surface area contributed by atoms with E-state index in [2.05, 4.69) is 0 Å². The van der Waals surface area contributed by atoms with E-state index in [1.165, 1.54) is 0 Å². The molecule has 98 valence electrons. The Bertz CT molecular complexity index is 574. The molecule has 3 heteroatoms. The second kappa shape index (κ2) is 5.57. The van der Waals surface area contributed by atoms with Crippen LogP contribution >= 0.6 is 0 Å². The molecule has 0 atom stereocenters. The molecule has 0 aliphatic heterocycles. The predicted molar refractivity (Wildman–Crippen MR) is 77.2 cm³/mol. The maximum atomic E-state index is 12.5. The van der Waals surface area contributed by atoms with Gasteiger partial charge in [0.15, 0.2) is 5.78 Å². The average molecular weight is 255 g/mol. The molecule has 0 aliphatic rings. The molecule has 2 rings (SSSR count). The first-order chi connectivity index (χ1) is 9.13. The van der Waals surface area contributed by atoms with Gasteiger partial charge in [0, 0.05) is 30.9 Å². The summed E-state index contributed by atoms with van der Waals surface area (Å²) in [6.07, 6.45) is 0. The summed E-state index contributed by atoms with van der Waals surface area (Å²) in [5, 5.41) is 0. The summed E-state index contributed by atoms with van der Waals surface area (Å²) >= 11 is 0. The first-order valence-electron chi connectivity index (χ1n) is 6.08. The highest BCUT2D eigenvalue weighted by Crippen LogP contribution is 2.22. The number of benzene rings is 2. The highest BCUT2D eigenvalue weighted by Gasteiger charge is 2.14. The highest BCUT2D eigenvalue weighted by atomic mass is 16.5. The average Bonchev–Trinajstić information content (AvgIpc) is 2.46. The molecular formula is C16H17NO2. The van der Waals surface area contributed by atoms with Gasteiger partial charge in [-0.2, -0.15) is 0 Å². The number of methoxy groups -OCH3 is 1. The van der Waals surface area contributed by atoms with E-state index in [1.54, 1.807) is 31.4 Å². The van der Waals surface area contributed by atoms with Gasteiger partial charge in [0.1, 0.15) is 5.75 Å². The quantitative estimate of drug-likeness (QED) is 0.787. The van der Waals surface area contributed by atoms with Gasteiger partial charge in [0.2, 0.25) is 0 Å². The molecule has 3 nitrogen and oxygen atoms in total. The number of carbonyl (C=O) groups is 1. The SMILES string of the molecule is COc1ccc(C(=O)c2ccccc2N(C)C)cc1. The number of rotatable bonds is 4. The summed E-state index contributed by atoms with van der Waals surface area (Å²) in [7, 11) is 5.47. The summed E-state index contributed by atoms with van der Waals surface area (Å²) in [4.78, 5) is 14.4. The second-order valence-electron chi connectivity index (χ2n) is 4.47. The summed E-state index contributed by atoms with van der Waals surface area (Å²) < 4.78 is 5.10. The minimum atomic E-state index is 0.0203. The van der Waals surface area contributed by atoms with Crippen molar-refractivity contribution in [3.8, 4) is 5.75 Å². The number of hydrogen-bond acceptors (Lipinski definition) is 3. The second-order valence-corrected chi connectivity index (χ2v) is 4.47. The molecule has 0 aliphatic carbocycles. The van der Waals surface area contributed by atoms with Crippen LogP contribution in [0.2, 0.25) is 0 Å². The first-order valence-corrected chi connectivity index (χ1v) is 6.08. The summed E-state index contributed by atoms with van der Waals surface area (Å²) in [6.45, 7) is 0. The van der Waals surface area contributed by atoms with Gasteiger partial charge in [-0.05, 0) is 36.4 Å². The van der Waals surface area contributed by atoms with E-state index in [0.717, 1.165) is 11.4 Å². The lowest BCUT2D eigenvalue weighted by atomic mass is 10.0. The van der Waals surface area contributed by atoms with Crippen LogP contribution in [0.25, 0.3) is 0 Å². The zero-order valence-corrected chi connectivity index (χ0v) is 11.4. The lowest BCUT2D eigenvalue weighted by Crippen LogP contribution is -2.14. The van der Waals surface area contributed by atoms with Crippen molar-refractivity contribution in [2.24, 2.45) is 0 Å². The monoisotopic (exact) mass is 255 g/mol. The molecule has 0 fully saturated rings. The number of hydrogen-bond donors (Lipinski definition) is 0. The fourth-order valence-electron chi connectivity index (χ4n) is 1.95. The van der Waals surface area contributed by atoms with Crippen molar-refractivity contribution in [1.29, 1.82) is 0 Å². The Labute approximate surface area is 113 Å². The number of carbonyl (C=O) groups excluding carboxylic acids is 1. The molecule has 0 amide bonds. The molecule has 0 heterocycles. The van der Waals surface area contributed by atoms with Crippen molar-refractivity contribution in [3.05, 3.63) is 59.7 Å². The minimum Gasteiger partial charge on any atom is -0.497 e. The zero-order valence-electron chi connectivity index (χ0n) is 11.4. The molecule has 2 aromatic carbocycles. The van der Waals surface area contributed by atoms with Gasteiger partial charge in [0.25, 0.3) is 0 Å². The fraction of sp³-hybridized carbons (Fsp3) is 0.188. The maximum Gasteiger partial charge on any atom is 0.195 e. The number of ketones is 1. The van der Waals surface area contributed by atoms with Crippen LogP contribution in [-0.2, 0) is 0 Å². The Morgan fingerprint density at radius 1 is 1.00 bits per heavy atom. The molecule has 19 heavy (non-hydrogen) atoms. The van der Waals surface area contributed by atoms with E-state index in [1.807, 2.05) is 43.3 Å². The normalized spacial score (nSPS) is 10.1. The van der Waals surface area contributed by atoms with E-state index in [9.17, 15) is 4.79 Å². The van der Waals surface area contributed by atoms with Gasteiger partial charge >= 0.3 is 0 Å². The summed E-state index contributed by atoms with van der Waals surface area (Å²) in [5.41, 5.74) is 2.29. The lowest BCUT2D eigenvalue weighted by Gasteiger charge is -2.16. The van der Waals surface area contributed by atoms with E-state index in [-0.39, 0.29) is 5.78 Å². The number of para-hydroxylation sites is 1. The van der Waals surface area contributed by atoms with Crippen molar-refractivity contribution >= 4 is 11.5 Å². The third kappa shape index (κ3) is 2.76. The van der Waals surface area contributed by atoms with E-state index in [0.29, 0.717) is 11.1 Å². The van der Waals surface area contributed by atoms with Crippen molar-refractivity contribution in [2.45, 2.75) is 0 Å². The smallest absolute Gasteiger partial charge is 0.195 e. The van der Waals surface area contributed by atoms with Crippen LogP contribution in [0.15, 0.2) is 48.5 Å². The van der Waals surface area contributed by atoms with Crippen molar-refractivity contribution < 1.29 is 9.53 Å². The van der Waals surface area contributed by atoms with Crippen LogP contribution in [0.1, 0.15) is 15.9 Å². The molecule has 0 saturated heterocycles. The van der Waals surface area contributed by atoms with Gasteiger partial charge in [-0.15, -0.1) is 0 Å². The molecule has 2 aromatic rings. The molecule has 0 radical (unpaired) electrons. The van der Waals surface area contributed by atoms with Crippen molar-refractivity contribution in [3.63, 3.8) is 0 Å². The Balaban J connectivity index is 2.38. The lowest BCUT2D eigenvalue weighted by molar-refractivity contribution is 0.103. The van der Waals surface area contributed by atoms with Gasteiger partial charge in [-0.1, -0.05) is 12.1 Å². The van der Waals surface area contributed by atoms with E-state index >= 15 is 0 Å². The summed E-state index contributed by atoms with van der Waals surface area (Å²) in [5.74, 6) is 0.768. The van der Waals surface area contributed by atoms with Gasteiger partial charge in [-0.25, -0.2) is 0 Å². The third-order valence-corrected chi connectivity index (χ3v) is 2.98. The molecule has 0 aromatic heterocycles. The van der Waals surface area contributed by atoms with Gasteiger partial charge in [0.05, 0.1) is 7.11 Å². The largest absolute Gasteiger partial charge is 0.497 e. The van der Waals surface area contributed by atoms with Crippen LogP contribution in [0.4, 0.5) is 5.69 Å². The van der Waals surface area contributed by atoms with Crippen LogP contribution in [-0.4, -0.2) is 27.0 Å². The van der Waals surface area contributed by atoms with Gasteiger partial charge < -0.3 is 9.64 Å². The number of nitrogens with zero attached hydrogens (tertiary/aromatic N) is 1. The van der Waals surface area contributed by atoms with E-state index < -0.39 is 0 Å². The molecule has 0 unspecified atom stereocenters. The molecule has 0 bridgehead atoms. The first kappa shape index (κ1) is 13.1. The van der Waals surface area contributed by atoms with Crippen molar-refractivity contribution in [1.82, 2.24) is 0 Å². The Morgan fingerprint density at radius 2 is 1.63 bits per heavy atom. The van der Waals surface area contributed by atoms with Gasteiger partial charge in [-0.3, -0.25) is 4.79 Å². The zero-order chi connectivity index (χ0) is 13.8. The maximum absolute atomic E-state index is 12.5. The predicted octanol–water partition coefficient (Wildman–Crippen LogP) is 2.99. The number of anilines is 1. The van der Waals surface area contributed by atoms with Crippen LogP contribution in [0.3, 0.4) is 0 Å². The third-order valence-electron chi connectivity index (χ3n) is 2.98. The highest BCUT2D eigenvalue weighted by molar-refractivity contribution is 6.12. The Hall–Kier alpha value is -2.29. The summed E-state index contributed by atoms with van der Waals surface area (Å²) in [6, 6.07) is 14.8. The minimum absolute atomic E-state index is 0.0203. The molecule has 0 N–H and O–H groups in total.